The molecular formula is C8H20HgSi. The summed E-state index contributed by atoms with van der Waals surface area (Å²) in [4.78, 5) is 0. The van der Waals surface area contributed by atoms with Crippen molar-refractivity contribution < 1.29 is 26.1 Å². The van der Waals surface area contributed by atoms with Gasteiger partial charge in [-0.25, -0.2) is 0 Å². The van der Waals surface area contributed by atoms with Crippen molar-refractivity contribution in [3.63, 3.8) is 0 Å². The molecule has 2 heteroatoms. The first-order valence-electron chi connectivity index (χ1n) is 4.39. The summed E-state index contributed by atoms with van der Waals surface area (Å²) in [6.07, 6.45) is 0. The van der Waals surface area contributed by atoms with Crippen molar-refractivity contribution in [1.29, 1.82) is 0 Å². The van der Waals surface area contributed by atoms with Crippen molar-refractivity contribution in [3.05, 3.63) is 0 Å². The molecule has 0 spiro atoms. The van der Waals surface area contributed by atoms with E-state index in [1.165, 1.54) is 22.1 Å². The van der Waals surface area contributed by atoms with Gasteiger partial charge in [0.25, 0.3) is 0 Å². The van der Waals surface area contributed by atoms with Crippen LogP contribution in [0.25, 0.3) is 0 Å². The predicted octanol–water partition coefficient (Wildman–Crippen LogP) is 3.51. The SMILES string of the molecule is CC[Si](CC)CC.C[CH2][Hg]. The van der Waals surface area contributed by atoms with Gasteiger partial charge in [-0.2, -0.15) is 0 Å². The van der Waals surface area contributed by atoms with E-state index in [9.17, 15) is 0 Å². The van der Waals surface area contributed by atoms with Crippen LogP contribution in [0.5, 0.6) is 0 Å². The van der Waals surface area contributed by atoms with Crippen LogP contribution in [0.15, 0.2) is 0 Å². The minimum absolute atomic E-state index is 0.137. The van der Waals surface area contributed by atoms with E-state index in [0.717, 1.165) is 26.1 Å². The molecule has 0 rings (SSSR count). The second kappa shape index (κ2) is 12.8. The standard InChI is InChI=1S/C6H15Si.C2H5.Hg/c1-4-7(5-2)6-3;1-2;/h4-6H2,1-3H3;1H2,2H3;. The van der Waals surface area contributed by atoms with Gasteiger partial charge in [-0.15, -0.1) is 0 Å². The van der Waals surface area contributed by atoms with E-state index in [4.69, 9.17) is 0 Å². The van der Waals surface area contributed by atoms with Gasteiger partial charge >= 0.3 is 37.0 Å². The summed E-state index contributed by atoms with van der Waals surface area (Å²) in [5.41, 5.74) is 0. The van der Waals surface area contributed by atoms with Gasteiger partial charge in [0.2, 0.25) is 0 Å². The first-order chi connectivity index (χ1) is 4.76. The summed E-state index contributed by atoms with van der Waals surface area (Å²) in [6, 6.07) is 4.37. The molecule has 10 heavy (non-hydrogen) atoms. The van der Waals surface area contributed by atoms with E-state index in [1.54, 1.807) is 0 Å². The zero-order valence-electron chi connectivity index (χ0n) is 8.04. The molecule has 0 aromatic carbocycles. The third kappa shape index (κ3) is 11.9. The molecule has 0 saturated carbocycles. The maximum atomic E-state index is 2.31. The Hall–Kier alpha value is 1.15. The van der Waals surface area contributed by atoms with Crippen molar-refractivity contribution in [2.75, 3.05) is 0 Å². The Morgan fingerprint density at radius 3 is 1.10 bits per heavy atom. The van der Waals surface area contributed by atoms with Gasteiger partial charge in [0.15, 0.2) is 0 Å². The van der Waals surface area contributed by atoms with Crippen LogP contribution in [0.4, 0.5) is 0 Å². The van der Waals surface area contributed by atoms with Crippen LogP contribution < -0.4 is 0 Å². The Labute approximate surface area is 84.4 Å². The van der Waals surface area contributed by atoms with Crippen molar-refractivity contribution in [2.45, 2.75) is 49.8 Å². The van der Waals surface area contributed by atoms with Gasteiger partial charge in [0.05, 0.1) is 0 Å². The molecule has 0 amide bonds. The monoisotopic (exact) mass is 346 g/mol. The zero-order valence-corrected chi connectivity index (χ0v) is 14.5. The van der Waals surface area contributed by atoms with Gasteiger partial charge in [-0.05, 0) is 0 Å². The van der Waals surface area contributed by atoms with Crippen LogP contribution in [0.3, 0.4) is 0 Å². The van der Waals surface area contributed by atoms with Crippen LogP contribution >= 0.6 is 0 Å². The van der Waals surface area contributed by atoms with Gasteiger partial charge in [0.1, 0.15) is 0 Å². The second-order valence-corrected chi connectivity index (χ2v) is 9.82. The maximum absolute atomic E-state index is 2.31. The topological polar surface area (TPSA) is 0 Å². The van der Waals surface area contributed by atoms with Crippen LogP contribution in [0.2, 0.25) is 22.1 Å². The molecule has 58 valence electrons. The van der Waals surface area contributed by atoms with Gasteiger partial charge < -0.3 is 0 Å². The fraction of sp³-hybridized carbons (Fsp3) is 1.00. The molecule has 0 aliphatic rings. The molecule has 0 bridgehead atoms. The summed E-state index contributed by atoms with van der Waals surface area (Å²) in [5.74, 6) is 0. The number of rotatable bonds is 3. The van der Waals surface area contributed by atoms with E-state index >= 15 is 0 Å². The summed E-state index contributed by atoms with van der Waals surface area (Å²) in [7, 11) is 0.137. The zero-order chi connectivity index (χ0) is 8.41. The fourth-order valence-electron chi connectivity index (χ4n) is 0.750. The Morgan fingerprint density at radius 1 is 0.900 bits per heavy atom. The normalized spacial score (nSPS) is 9.10. The summed E-state index contributed by atoms with van der Waals surface area (Å²) < 4.78 is 1.44. The first kappa shape index (κ1) is 13.7. The van der Waals surface area contributed by atoms with E-state index in [-0.39, 0.29) is 8.80 Å². The van der Waals surface area contributed by atoms with Crippen LogP contribution in [-0.2, 0) is 26.1 Å². The molecule has 0 aliphatic heterocycles. The predicted molar refractivity (Wildman–Crippen MR) is 47.7 cm³/mol. The third-order valence-corrected chi connectivity index (χ3v) is 4.50. The molecule has 0 fully saturated rings. The average molecular weight is 345 g/mol. The van der Waals surface area contributed by atoms with Gasteiger partial charge in [-0.3, -0.25) is 0 Å². The molecule has 0 unspecified atom stereocenters. The van der Waals surface area contributed by atoms with Crippen LogP contribution in [0.1, 0.15) is 27.7 Å². The van der Waals surface area contributed by atoms with Crippen molar-refractivity contribution >= 4 is 8.80 Å². The Kier molecular flexibility index (Phi) is 17.6. The van der Waals surface area contributed by atoms with Gasteiger partial charge in [0, 0.05) is 8.80 Å². The molecule has 1 radical (unpaired) electrons. The molecular weight excluding hydrogens is 325 g/mol. The second-order valence-electron chi connectivity index (χ2n) is 2.31. The first-order valence-corrected chi connectivity index (χ1v) is 10.4. The molecule has 0 aromatic heterocycles. The third-order valence-electron chi connectivity index (χ3n) is 1.50. The van der Waals surface area contributed by atoms with Crippen molar-refractivity contribution in [2.24, 2.45) is 0 Å². The molecule has 0 aromatic rings. The number of hydrogen-bond donors (Lipinski definition) is 0. The van der Waals surface area contributed by atoms with E-state index in [0.29, 0.717) is 0 Å². The van der Waals surface area contributed by atoms with Crippen LogP contribution in [0, 0.1) is 0 Å². The minimum atomic E-state index is 0.137. The Bertz CT molecular complexity index is 39.0. The summed E-state index contributed by atoms with van der Waals surface area (Å²) in [5, 5.41) is 0. The van der Waals surface area contributed by atoms with Crippen molar-refractivity contribution in [3.8, 4) is 0 Å². The fourth-order valence-corrected chi connectivity index (χ4v) is 2.25. The number of hydrogen-bond acceptors (Lipinski definition) is 0. The molecule has 0 atom stereocenters. The molecule has 0 heterocycles. The van der Waals surface area contributed by atoms with Gasteiger partial charge in [-0.1, -0.05) is 38.9 Å². The molecule has 0 nitrogen and oxygen atoms in total. The van der Waals surface area contributed by atoms with E-state index in [2.05, 4.69) is 27.7 Å². The summed E-state index contributed by atoms with van der Waals surface area (Å²) in [6.45, 7) is 9.13. The molecule has 0 aliphatic carbocycles. The Morgan fingerprint density at radius 2 is 1.10 bits per heavy atom. The van der Waals surface area contributed by atoms with Crippen molar-refractivity contribution in [1.82, 2.24) is 0 Å². The average Bonchev–Trinajstić information content (AvgIpc) is 1.93. The van der Waals surface area contributed by atoms with E-state index in [1.807, 2.05) is 0 Å². The quantitative estimate of drug-likeness (QED) is 0.687. The Balaban J connectivity index is 0. The van der Waals surface area contributed by atoms with E-state index < -0.39 is 0 Å². The summed E-state index contributed by atoms with van der Waals surface area (Å²) >= 11 is 1.07. The molecule has 0 N–H and O–H groups in total. The van der Waals surface area contributed by atoms with Crippen LogP contribution in [-0.4, -0.2) is 8.80 Å². The molecule has 0 saturated heterocycles.